The third-order valence-electron chi connectivity index (χ3n) is 6.14. The Kier molecular flexibility index (Phi) is 7.16. The molecule has 0 bridgehead atoms. The zero-order chi connectivity index (χ0) is 26.7. The molecule has 4 N–H and O–H groups in total. The lowest BCUT2D eigenvalue weighted by Gasteiger charge is -2.19. The fraction of sp³-hybridized carbons (Fsp3) is 0.269. The van der Waals surface area contributed by atoms with E-state index in [1.165, 1.54) is 24.3 Å². The van der Waals surface area contributed by atoms with E-state index in [4.69, 9.17) is 4.74 Å². The van der Waals surface area contributed by atoms with E-state index in [0.717, 1.165) is 37.3 Å². The predicted octanol–water partition coefficient (Wildman–Crippen LogP) is 4.49. The van der Waals surface area contributed by atoms with Gasteiger partial charge in [-0.15, -0.1) is 0 Å². The summed E-state index contributed by atoms with van der Waals surface area (Å²) in [4.78, 5) is 8.94. The van der Waals surface area contributed by atoms with Crippen LogP contribution in [0, 0.1) is 0 Å². The number of nitrogens with one attached hydrogen (secondary N) is 3. The van der Waals surface area contributed by atoms with Crippen LogP contribution >= 0.6 is 0 Å². The van der Waals surface area contributed by atoms with Crippen LogP contribution in [0.4, 0.5) is 36.3 Å². The van der Waals surface area contributed by atoms with Crippen LogP contribution in [0.3, 0.4) is 0 Å². The molecular formula is C26H26F3N7O2. The van der Waals surface area contributed by atoms with Crippen LogP contribution in [0.1, 0.15) is 16.7 Å². The Morgan fingerprint density at radius 2 is 1.95 bits per heavy atom. The summed E-state index contributed by atoms with van der Waals surface area (Å²) in [6.45, 7) is 1.97. The molecule has 0 unspecified atom stereocenters. The molecule has 38 heavy (non-hydrogen) atoms. The first kappa shape index (κ1) is 25.5. The van der Waals surface area contributed by atoms with Crippen LogP contribution in [-0.4, -0.2) is 45.1 Å². The average Bonchev–Trinajstić information content (AvgIpc) is 3.36. The molecule has 0 fully saturated rings. The standard InChI is InChI=1S/C26H26F3N7O2/c1-38-22-10-19(26(27,28)29)9-21(11-22)34-25-31-14-23(18-13-32-36(15-18)6-7-37)24(35-25)33-20-3-2-16-4-5-30-12-17(16)8-20/h2-3,8-11,13-15,30,37H,4-7,12H2,1H3,(H2,31,33,34,35). The van der Waals surface area contributed by atoms with Crippen molar-refractivity contribution in [1.82, 2.24) is 25.1 Å². The zero-order valence-corrected chi connectivity index (χ0v) is 20.5. The Bertz CT molecular complexity index is 1440. The number of alkyl halides is 3. The fourth-order valence-electron chi connectivity index (χ4n) is 4.25. The second kappa shape index (κ2) is 10.7. The molecule has 0 radical (unpaired) electrons. The minimum absolute atomic E-state index is 0.0521. The van der Waals surface area contributed by atoms with Crippen LogP contribution in [0.2, 0.25) is 0 Å². The van der Waals surface area contributed by atoms with Crippen molar-refractivity contribution < 1.29 is 23.0 Å². The van der Waals surface area contributed by atoms with Crippen molar-refractivity contribution in [1.29, 1.82) is 0 Å². The van der Waals surface area contributed by atoms with E-state index >= 15 is 0 Å². The average molecular weight is 526 g/mol. The third kappa shape index (κ3) is 5.71. The lowest BCUT2D eigenvalue weighted by atomic mass is 10.0. The van der Waals surface area contributed by atoms with Gasteiger partial charge in [0.15, 0.2) is 0 Å². The van der Waals surface area contributed by atoms with E-state index in [0.29, 0.717) is 23.5 Å². The summed E-state index contributed by atoms with van der Waals surface area (Å²) >= 11 is 0. The SMILES string of the molecule is COc1cc(Nc2ncc(-c3cnn(CCO)c3)c(Nc3ccc4c(c3)CNCC4)n2)cc(C(F)(F)F)c1. The zero-order valence-electron chi connectivity index (χ0n) is 20.5. The second-order valence-electron chi connectivity index (χ2n) is 8.78. The number of anilines is 4. The lowest BCUT2D eigenvalue weighted by Crippen LogP contribution is -2.23. The highest BCUT2D eigenvalue weighted by molar-refractivity contribution is 5.78. The van der Waals surface area contributed by atoms with Gasteiger partial charge in [0.05, 0.1) is 32.0 Å². The van der Waals surface area contributed by atoms with Crippen LogP contribution < -0.4 is 20.7 Å². The largest absolute Gasteiger partial charge is 0.497 e. The van der Waals surface area contributed by atoms with Crippen molar-refractivity contribution in [3.05, 3.63) is 71.7 Å². The number of hydrogen-bond acceptors (Lipinski definition) is 8. The van der Waals surface area contributed by atoms with E-state index in [1.54, 1.807) is 23.3 Å². The normalized spacial score (nSPS) is 13.2. The second-order valence-corrected chi connectivity index (χ2v) is 8.78. The highest BCUT2D eigenvalue weighted by atomic mass is 19.4. The van der Waals surface area contributed by atoms with Gasteiger partial charge in [-0.25, -0.2) is 4.98 Å². The number of aliphatic hydroxyl groups excluding tert-OH is 1. The quantitative estimate of drug-likeness (QED) is 0.267. The van der Waals surface area contributed by atoms with Crippen LogP contribution in [0.25, 0.3) is 11.1 Å². The number of fused-ring (bicyclic) bond motifs is 1. The first-order chi connectivity index (χ1) is 18.3. The Balaban J connectivity index is 1.51. The minimum Gasteiger partial charge on any atom is -0.497 e. The highest BCUT2D eigenvalue weighted by Crippen LogP contribution is 2.35. The molecule has 0 aliphatic carbocycles. The van der Waals surface area contributed by atoms with Crippen molar-refractivity contribution in [2.75, 3.05) is 30.9 Å². The number of rotatable bonds is 8. The highest BCUT2D eigenvalue weighted by Gasteiger charge is 2.31. The molecule has 198 valence electrons. The fourth-order valence-corrected chi connectivity index (χ4v) is 4.25. The van der Waals surface area contributed by atoms with Gasteiger partial charge in [0.2, 0.25) is 5.95 Å². The number of ether oxygens (including phenoxy) is 1. The number of halogens is 3. The van der Waals surface area contributed by atoms with Gasteiger partial charge in [0, 0.05) is 47.5 Å². The van der Waals surface area contributed by atoms with Gasteiger partial charge in [-0.1, -0.05) is 6.07 Å². The van der Waals surface area contributed by atoms with Crippen molar-refractivity contribution >= 4 is 23.1 Å². The van der Waals surface area contributed by atoms with Crippen molar-refractivity contribution in [3.63, 3.8) is 0 Å². The topological polar surface area (TPSA) is 109 Å². The first-order valence-corrected chi connectivity index (χ1v) is 12.0. The molecule has 0 amide bonds. The molecule has 3 heterocycles. The number of aromatic nitrogens is 4. The van der Waals surface area contributed by atoms with E-state index in [2.05, 4.69) is 37.1 Å². The van der Waals surface area contributed by atoms with E-state index in [1.807, 2.05) is 12.1 Å². The van der Waals surface area contributed by atoms with Gasteiger partial charge >= 0.3 is 6.18 Å². The molecule has 5 rings (SSSR count). The van der Waals surface area contributed by atoms with Crippen molar-refractivity contribution in [3.8, 4) is 16.9 Å². The molecule has 12 heteroatoms. The summed E-state index contributed by atoms with van der Waals surface area (Å²) in [6, 6.07) is 9.43. The molecule has 0 saturated heterocycles. The molecule has 0 atom stereocenters. The Morgan fingerprint density at radius 1 is 1.08 bits per heavy atom. The predicted molar refractivity (Wildman–Crippen MR) is 137 cm³/mol. The third-order valence-corrected chi connectivity index (χ3v) is 6.14. The van der Waals surface area contributed by atoms with Gasteiger partial charge in [0.25, 0.3) is 0 Å². The number of benzene rings is 2. The Morgan fingerprint density at radius 3 is 2.74 bits per heavy atom. The van der Waals surface area contributed by atoms with Gasteiger partial charge < -0.3 is 25.8 Å². The molecule has 9 nitrogen and oxygen atoms in total. The van der Waals surface area contributed by atoms with Gasteiger partial charge in [-0.3, -0.25) is 4.68 Å². The summed E-state index contributed by atoms with van der Waals surface area (Å²) < 4.78 is 46.8. The van der Waals surface area contributed by atoms with Crippen LogP contribution in [0.5, 0.6) is 5.75 Å². The molecule has 0 spiro atoms. The smallest absolute Gasteiger partial charge is 0.416 e. The number of hydrogen-bond donors (Lipinski definition) is 4. The van der Waals surface area contributed by atoms with Gasteiger partial charge in [0.1, 0.15) is 11.6 Å². The molecule has 4 aromatic rings. The summed E-state index contributed by atoms with van der Waals surface area (Å²) in [5, 5.41) is 23.1. The molecule has 0 saturated carbocycles. The van der Waals surface area contributed by atoms with E-state index in [-0.39, 0.29) is 24.0 Å². The van der Waals surface area contributed by atoms with Crippen LogP contribution in [-0.2, 0) is 25.7 Å². The first-order valence-electron chi connectivity index (χ1n) is 12.0. The monoisotopic (exact) mass is 525 g/mol. The summed E-state index contributed by atoms with van der Waals surface area (Å²) in [7, 11) is 1.30. The Hall–Kier alpha value is -4.16. The number of nitrogens with zero attached hydrogens (tertiary/aromatic N) is 4. The Labute approximate surface area is 216 Å². The minimum atomic E-state index is -4.54. The molecule has 1 aliphatic heterocycles. The maximum absolute atomic E-state index is 13.4. The molecule has 1 aliphatic rings. The maximum Gasteiger partial charge on any atom is 0.416 e. The molecule has 2 aromatic heterocycles. The van der Waals surface area contributed by atoms with Crippen molar-refractivity contribution in [2.45, 2.75) is 25.7 Å². The van der Waals surface area contributed by atoms with E-state index in [9.17, 15) is 18.3 Å². The summed E-state index contributed by atoms with van der Waals surface area (Å²) in [5.74, 6) is 0.588. The van der Waals surface area contributed by atoms with Gasteiger partial charge in [-0.2, -0.15) is 23.3 Å². The lowest BCUT2D eigenvalue weighted by molar-refractivity contribution is -0.137. The van der Waals surface area contributed by atoms with Crippen LogP contribution in [0.15, 0.2) is 55.0 Å². The number of aliphatic hydroxyl groups is 1. The molecular weight excluding hydrogens is 499 g/mol. The number of methoxy groups -OCH3 is 1. The van der Waals surface area contributed by atoms with Gasteiger partial charge in [-0.05, 0) is 48.4 Å². The van der Waals surface area contributed by atoms with Crippen molar-refractivity contribution in [2.24, 2.45) is 0 Å². The molecule has 2 aromatic carbocycles. The maximum atomic E-state index is 13.4. The summed E-state index contributed by atoms with van der Waals surface area (Å²) in [5.41, 5.74) is 3.90. The summed E-state index contributed by atoms with van der Waals surface area (Å²) in [6.07, 6.45) is 1.39. The van der Waals surface area contributed by atoms with E-state index < -0.39 is 11.7 Å².